The number of hydrogen-bond acceptors (Lipinski definition) is 9. The number of anilines is 1. The van der Waals surface area contributed by atoms with Crippen molar-refractivity contribution in [2.24, 2.45) is 0 Å². The van der Waals surface area contributed by atoms with Crippen LogP contribution in [0, 0.1) is 0 Å². The van der Waals surface area contributed by atoms with Crippen LogP contribution in [0.1, 0.15) is 18.8 Å². The van der Waals surface area contributed by atoms with Gasteiger partial charge in [-0.15, -0.1) is 6.58 Å². The topological polar surface area (TPSA) is 169 Å². The van der Waals surface area contributed by atoms with Crippen LogP contribution in [-0.2, 0) is 17.7 Å². The Morgan fingerprint density at radius 3 is 2.56 bits per heavy atom. The Kier molecular flexibility index (Phi) is 7.05. The highest BCUT2D eigenvalue weighted by atomic mass is 16.5. The van der Waals surface area contributed by atoms with Crippen LogP contribution in [0.4, 0.5) is 5.95 Å². The Labute approximate surface area is 155 Å². The van der Waals surface area contributed by atoms with E-state index in [0.717, 1.165) is 4.57 Å². The van der Waals surface area contributed by atoms with Gasteiger partial charge in [0.05, 0.1) is 25.0 Å². The predicted octanol–water partition coefficient (Wildman–Crippen LogP) is -1.85. The van der Waals surface area contributed by atoms with Crippen molar-refractivity contribution in [3.8, 4) is 0 Å². The number of aliphatic hydroxyl groups is 4. The summed E-state index contributed by atoms with van der Waals surface area (Å²) in [5.74, 6) is -0.122. The number of ether oxygens (including phenoxy) is 1. The lowest BCUT2D eigenvalue weighted by Crippen LogP contribution is -2.40. The molecule has 11 heteroatoms. The van der Waals surface area contributed by atoms with Gasteiger partial charge in [0.15, 0.2) is 11.9 Å². The number of nitrogens with two attached hydrogens (primary N) is 1. The molecule has 0 radical (unpaired) electrons. The molecule has 2 rings (SSSR count). The van der Waals surface area contributed by atoms with E-state index in [0.29, 0.717) is 11.2 Å². The standard InChI is InChI=1S/C16H25N5O6/c1-3-5-20-11-10(4-6-22)18-15(17)19-13(11)21(16(20)26)14(27-8-7-23)12(25)9(2)24/h3,9,12,14,22-25H,1,4-8H2,2H3,(H2,17,18,19)/t9-,12-,14-/m1/s1. The van der Waals surface area contributed by atoms with E-state index in [1.165, 1.54) is 17.6 Å². The zero-order valence-electron chi connectivity index (χ0n) is 15.0. The molecule has 0 bridgehead atoms. The molecule has 0 aliphatic rings. The molecule has 0 amide bonds. The molecule has 0 aromatic carbocycles. The average Bonchev–Trinajstić information content (AvgIpc) is 2.88. The first-order chi connectivity index (χ1) is 12.9. The normalized spacial score (nSPS) is 15.0. The fourth-order valence-electron chi connectivity index (χ4n) is 2.81. The van der Waals surface area contributed by atoms with E-state index in [9.17, 15) is 20.1 Å². The zero-order valence-corrected chi connectivity index (χ0v) is 15.0. The molecule has 0 spiro atoms. The number of fused-ring (bicyclic) bond motifs is 1. The highest BCUT2D eigenvalue weighted by Crippen LogP contribution is 2.24. The van der Waals surface area contributed by atoms with Crippen LogP contribution < -0.4 is 11.4 Å². The Bertz CT molecular complexity index is 846. The van der Waals surface area contributed by atoms with Gasteiger partial charge in [-0.05, 0) is 6.92 Å². The summed E-state index contributed by atoms with van der Waals surface area (Å²) < 4.78 is 7.81. The molecular formula is C16H25N5O6. The molecule has 0 unspecified atom stereocenters. The third-order valence-electron chi connectivity index (χ3n) is 3.97. The number of imidazole rings is 1. The predicted molar refractivity (Wildman–Crippen MR) is 96.9 cm³/mol. The maximum atomic E-state index is 13.0. The third kappa shape index (κ3) is 4.17. The first kappa shape index (κ1) is 21.0. The number of nitrogen functional groups attached to an aromatic ring is 1. The molecule has 2 aromatic rings. The van der Waals surface area contributed by atoms with Crippen molar-refractivity contribution in [1.82, 2.24) is 19.1 Å². The molecule has 0 saturated carbocycles. The van der Waals surface area contributed by atoms with Crippen molar-refractivity contribution in [3.63, 3.8) is 0 Å². The van der Waals surface area contributed by atoms with Crippen molar-refractivity contribution in [3.05, 3.63) is 28.8 Å². The van der Waals surface area contributed by atoms with E-state index in [1.54, 1.807) is 0 Å². The minimum Gasteiger partial charge on any atom is -0.396 e. The van der Waals surface area contributed by atoms with Crippen LogP contribution in [0.15, 0.2) is 17.4 Å². The van der Waals surface area contributed by atoms with Crippen LogP contribution in [0.25, 0.3) is 11.2 Å². The summed E-state index contributed by atoms with van der Waals surface area (Å²) in [5, 5.41) is 38.5. The first-order valence-corrected chi connectivity index (χ1v) is 8.44. The fourth-order valence-corrected chi connectivity index (χ4v) is 2.81. The summed E-state index contributed by atoms with van der Waals surface area (Å²) in [4.78, 5) is 21.3. The van der Waals surface area contributed by atoms with Crippen LogP contribution in [0.3, 0.4) is 0 Å². The van der Waals surface area contributed by atoms with Gasteiger partial charge in [-0.2, -0.15) is 4.98 Å². The van der Waals surface area contributed by atoms with Gasteiger partial charge in [0, 0.05) is 19.6 Å². The number of nitrogens with zero attached hydrogens (tertiary/aromatic N) is 4. The summed E-state index contributed by atoms with van der Waals surface area (Å²) in [5.41, 5.74) is 5.91. The smallest absolute Gasteiger partial charge is 0.332 e. The van der Waals surface area contributed by atoms with Gasteiger partial charge >= 0.3 is 5.69 Å². The third-order valence-corrected chi connectivity index (χ3v) is 3.97. The van der Waals surface area contributed by atoms with Crippen LogP contribution in [0.2, 0.25) is 0 Å². The average molecular weight is 383 g/mol. The second-order valence-electron chi connectivity index (χ2n) is 5.94. The molecule has 0 saturated heterocycles. The van der Waals surface area contributed by atoms with Gasteiger partial charge in [-0.1, -0.05) is 6.08 Å². The summed E-state index contributed by atoms with van der Waals surface area (Å²) in [6.07, 6.45) is -2.40. The zero-order chi connectivity index (χ0) is 20.1. The lowest BCUT2D eigenvalue weighted by Gasteiger charge is -2.25. The van der Waals surface area contributed by atoms with E-state index in [1.807, 2.05) is 0 Å². The van der Waals surface area contributed by atoms with Crippen molar-refractivity contribution >= 4 is 17.1 Å². The number of aliphatic hydroxyl groups excluding tert-OH is 4. The van der Waals surface area contributed by atoms with Crippen molar-refractivity contribution < 1.29 is 25.2 Å². The molecule has 3 atom stereocenters. The fraction of sp³-hybridized carbons (Fsp3) is 0.562. The summed E-state index contributed by atoms with van der Waals surface area (Å²) in [6.45, 7) is 4.33. The van der Waals surface area contributed by atoms with E-state index in [4.69, 9.17) is 15.6 Å². The van der Waals surface area contributed by atoms with E-state index in [2.05, 4.69) is 16.5 Å². The Morgan fingerprint density at radius 1 is 1.30 bits per heavy atom. The molecule has 6 N–H and O–H groups in total. The Balaban J connectivity index is 2.82. The molecule has 2 aromatic heterocycles. The van der Waals surface area contributed by atoms with Gasteiger partial charge in [0.25, 0.3) is 0 Å². The maximum Gasteiger partial charge on any atom is 0.332 e. The van der Waals surface area contributed by atoms with Crippen molar-refractivity contribution in [1.29, 1.82) is 0 Å². The lowest BCUT2D eigenvalue weighted by atomic mass is 10.2. The highest BCUT2D eigenvalue weighted by Gasteiger charge is 2.32. The van der Waals surface area contributed by atoms with Gasteiger partial charge in [0.2, 0.25) is 5.95 Å². The summed E-state index contributed by atoms with van der Waals surface area (Å²) >= 11 is 0. The molecule has 27 heavy (non-hydrogen) atoms. The minimum absolute atomic E-state index is 0.0837. The van der Waals surface area contributed by atoms with Crippen LogP contribution in [-0.4, -0.2) is 71.6 Å². The van der Waals surface area contributed by atoms with E-state index >= 15 is 0 Å². The maximum absolute atomic E-state index is 13.0. The van der Waals surface area contributed by atoms with E-state index < -0.39 is 24.1 Å². The Hall–Kier alpha value is -2.31. The minimum atomic E-state index is -1.48. The molecule has 0 aliphatic heterocycles. The van der Waals surface area contributed by atoms with Crippen LogP contribution >= 0.6 is 0 Å². The summed E-state index contributed by atoms with van der Waals surface area (Å²) in [6, 6.07) is 0. The number of hydrogen-bond donors (Lipinski definition) is 5. The second-order valence-corrected chi connectivity index (χ2v) is 5.94. The lowest BCUT2D eigenvalue weighted by molar-refractivity contribution is -0.125. The molecule has 150 valence electrons. The molecule has 2 heterocycles. The van der Waals surface area contributed by atoms with Gasteiger partial charge in [-0.3, -0.25) is 4.57 Å². The first-order valence-electron chi connectivity index (χ1n) is 8.44. The van der Waals surface area contributed by atoms with Gasteiger partial charge in [0.1, 0.15) is 11.6 Å². The SMILES string of the molecule is C=CCn1c(=O)n([C@H](OCCO)[C@H](O)[C@@H](C)O)c2nc(N)nc(CCO)c21. The second kappa shape index (κ2) is 9.06. The molecule has 0 fully saturated rings. The number of rotatable bonds is 10. The molecular weight excluding hydrogens is 358 g/mol. The number of aromatic nitrogens is 4. The quantitative estimate of drug-likeness (QED) is 0.295. The largest absolute Gasteiger partial charge is 0.396 e. The molecule has 11 nitrogen and oxygen atoms in total. The van der Waals surface area contributed by atoms with E-state index in [-0.39, 0.29) is 44.4 Å². The molecule has 0 aliphatic carbocycles. The highest BCUT2D eigenvalue weighted by molar-refractivity contribution is 5.76. The number of allylic oxidation sites excluding steroid dienone is 1. The van der Waals surface area contributed by atoms with Crippen molar-refractivity contribution in [2.45, 2.75) is 38.3 Å². The van der Waals surface area contributed by atoms with Gasteiger partial charge < -0.3 is 30.9 Å². The monoisotopic (exact) mass is 383 g/mol. The van der Waals surface area contributed by atoms with Gasteiger partial charge in [-0.25, -0.2) is 14.3 Å². The van der Waals surface area contributed by atoms with Crippen LogP contribution in [0.5, 0.6) is 0 Å². The summed E-state index contributed by atoms with van der Waals surface area (Å²) in [7, 11) is 0. The Morgan fingerprint density at radius 2 is 2.00 bits per heavy atom. The van der Waals surface area contributed by atoms with Crippen molar-refractivity contribution in [2.75, 3.05) is 25.6 Å².